The molecule has 1 aliphatic rings. The summed E-state index contributed by atoms with van der Waals surface area (Å²) < 4.78 is 29.3. The number of thiophene rings is 1. The van der Waals surface area contributed by atoms with Crippen molar-refractivity contribution in [1.82, 2.24) is 4.90 Å². The number of amides is 1. The van der Waals surface area contributed by atoms with E-state index in [0.717, 1.165) is 4.88 Å². The fraction of sp³-hybridized carbons (Fsp3) is 0.538. The van der Waals surface area contributed by atoms with Gasteiger partial charge in [0.2, 0.25) is 0 Å². The standard InChI is InChI=1S/C13H17NO5S2/c1-2-19-13(16)12(15)14-6-5-11(10-4-3-8-20-10)21(17,18)9-7-14/h3-4,8,11H,2,5-7,9H2,1H3. The van der Waals surface area contributed by atoms with Crippen LogP contribution in [0.4, 0.5) is 0 Å². The number of esters is 1. The highest BCUT2D eigenvalue weighted by atomic mass is 32.2. The Labute approximate surface area is 127 Å². The summed E-state index contributed by atoms with van der Waals surface area (Å²) in [4.78, 5) is 25.4. The average Bonchev–Trinajstić information content (AvgIpc) is 2.90. The maximum Gasteiger partial charge on any atom is 0.397 e. The molecule has 0 saturated carbocycles. The zero-order valence-corrected chi connectivity index (χ0v) is 13.3. The summed E-state index contributed by atoms with van der Waals surface area (Å²) in [6.45, 7) is 2.00. The summed E-state index contributed by atoms with van der Waals surface area (Å²) in [5.41, 5.74) is 0. The smallest absolute Gasteiger partial charge is 0.397 e. The molecule has 1 atom stereocenters. The number of carbonyl (C=O) groups excluding carboxylic acids is 2. The minimum absolute atomic E-state index is 0.0296. The van der Waals surface area contributed by atoms with Gasteiger partial charge in [0.15, 0.2) is 9.84 Å². The highest BCUT2D eigenvalue weighted by molar-refractivity contribution is 7.91. The van der Waals surface area contributed by atoms with Gasteiger partial charge in [0.25, 0.3) is 0 Å². The summed E-state index contributed by atoms with van der Waals surface area (Å²) in [6, 6.07) is 3.59. The Bertz CT molecular complexity index is 609. The number of nitrogens with zero attached hydrogens (tertiary/aromatic N) is 1. The molecule has 0 radical (unpaired) electrons. The maximum absolute atomic E-state index is 12.3. The molecule has 0 bridgehead atoms. The summed E-state index contributed by atoms with van der Waals surface area (Å²) in [5, 5.41) is 1.23. The third kappa shape index (κ3) is 3.62. The molecule has 116 valence electrons. The normalized spacial score (nSPS) is 21.6. The highest BCUT2D eigenvalue weighted by Crippen LogP contribution is 2.32. The van der Waals surface area contributed by atoms with E-state index in [1.165, 1.54) is 16.2 Å². The number of hydrogen-bond acceptors (Lipinski definition) is 6. The molecular weight excluding hydrogens is 314 g/mol. The fourth-order valence-corrected chi connectivity index (χ4v) is 5.27. The number of rotatable bonds is 2. The van der Waals surface area contributed by atoms with E-state index in [4.69, 9.17) is 0 Å². The molecule has 1 unspecified atom stereocenters. The molecular formula is C13H17NO5S2. The maximum atomic E-state index is 12.3. The van der Waals surface area contributed by atoms with Gasteiger partial charge in [0.1, 0.15) is 0 Å². The van der Waals surface area contributed by atoms with E-state index < -0.39 is 27.0 Å². The van der Waals surface area contributed by atoms with E-state index >= 15 is 0 Å². The van der Waals surface area contributed by atoms with Crippen molar-refractivity contribution in [2.24, 2.45) is 0 Å². The van der Waals surface area contributed by atoms with Gasteiger partial charge in [0, 0.05) is 18.0 Å². The summed E-state index contributed by atoms with van der Waals surface area (Å²) in [5.74, 6) is -1.83. The molecule has 1 aromatic rings. The van der Waals surface area contributed by atoms with Gasteiger partial charge in [-0.25, -0.2) is 13.2 Å². The first-order valence-corrected chi connectivity index (χ1v) is 9.26. The molecule has 0 aliphatic carbocycles. The predicted octanol–water partition coefficient (Wildman–Crippen LogP) is 0.999. The van der Waals surface area contributed by atoms with Crippen LogP contribution < -0.4 is 0 Å². The molecule has 0 spiro atoms. The van der Waals surface area contributed by atoms with Crippen molar-refractivity contribution in [2.45, 2.75) is 18.6 Å². The average molecular weight is 331 g/mol. The van der Waals surface area contributed by atoms with Gasteiger partial charge >= 0.3 is 11.9 Å². The van der Waals surface area contributed by atoms with Crippen molar-refractivity contribution >= 4 is 33.1 Å². The van der Waals surface area contributed by atoms with Crippen LogP contribution in [-0.4, -0.2) is 50.6 Å². The van der Waals surface area contributed by atoms with E-state index in [9.17, 15) is 18.0 Å². The van der Waals surface area contributed by atoms with Gasteiger partial charge in [-0.15, -0.1) is 11.3 Å². The molecule has 1 fully saturated rings. The Morgan fingerprint density at radius 3 is 2.81 bits per heavy atom. The first-order valence-electron chi connectivity index (χ1n) is 6.66. The second kappa shape index (κ2) is 6.57. The fourth-order valence-electron chi connectivity index (χ4n) is 2.26. The van der Waals surface area contributed by atoms with E-state index in [2.05, 4.69) is 4.74 Å². The second-order valence-corrected chi connectivity index (χ2v) is 7.95. The largest absolute Gasteiger partial charge is 0.459 e. The lowest BCUT2D eigenvalue weighted by Crippen LogP contribution is -2.39. The van der Waals surface area contributed by atoms with Gasteiger partial charge in [-0.2, -0.15) is 0 Å². The minimum Gasteiger partial charge on any atom is -0.459 e. The molecule has 1 saturated heterocycles. The van der Waals surface area contributed by atoms with Crippen LogP contribution in [0.3, 0.4) is 0 Å². The zero-order valence-electron chi connectivity index (χ0n) is 11.6. The molecule has 6 nitrogen and oxygen atoms in total. The van der Waals surface area contributed by atoms with Crippen molar-refractivity contribution in [1.29, 1.82) is 0 Å². The quantitative estimate of drug-likeness (QED) is 0.596. The van der Waals surface area contributed by atoms with Crippen LogP contribution in [0.5, 0.6) is 0 Å². The lowest BCUT2D eigenvalue weighted by atomic mass is 10.2. The van der Waals surface area contributed by atoms with Gasteiger partial charge in [0.05, 0.1) is 17.6 Å². The molecule has 2 rings (SSSR count). The van der Waals surface area contributed by atoms with Crippen LogP contribution in [0, 0.1) is 0 Å². The van der Waals surface area contributed by atoms with Crippen molar-refractivity contribution in [3.05, 3.63) is 22.4 Å². The van der Waals surface area contributed by atoms with Gasteiger partial charge < -0.3 is 9.64 Å². The third-order valence-corrected chi connectivity index (χ3v) is 6.58. The molecule has 21 heavy (non-hydrogen) atoms. The number of hydrogen-bond donors (Lipinski definition) is 0. The van der Waals surface area contributed by atoms with Crippen LogP contribution in [0.15, 0.2) is 17.5 Å². The molecule has 0 aromatic carbocycles. The molecule has 1 amide bonds. The minimum atomic E-state index is -3.32. The van der Waals surface area contributed by atoms with Crippen LogP contribution in [0.25, 0.3) is 0 Å². The molecule has 1 aliphatic heterocycles. The third-order valence-electron chi connectivity index (χ3n) is 3.34. The van der Waals surface area contributed by atoms with Gasteiger partial charge in [-0.05, 0) is 24.8 Å². The Morgan fingerprint density at radius 2 is 2.19 bits per heavy atom. The topological polar surface area (TPSA) is 80.8 Å². The lowest BCUT2D eigenvalue weighted by molar-refractivity contribution is -0.159. The number of carbonyl (C=O) groups is 2. The Kier molecular flexibility index (Phi) is 5.00. The summed E-state index contributed by atoms with van der Waals surface area (Å²) in [6.07, 6.45) is 0.300. The number of ether oxygens (including phenoxy) is 1. The van der Waals surface area contributed by atoms with Crippen molar-refractivity contribution < 1.29 is 22.7 Å². The number of sulfone groups is 1. The SMILES string of the molecule is CCOC(=O)C(=O)N1CCC(c2cccs2)S(=O)(=O)CC1. The molecule has 2 heterocycles. The Morgan fingerprint density at radius 1 is 1.43 bits per heavy atom. The zero-order chi connectivity index (χ0) is 15.5. The van der Waals surface area contributed by atoms with Gasteiger partial charge in [-0.1, -0.05) is 6.07 Å². The van der Waals surface area contributed by atoms with E-state index in [1.54, 1.807) is 13.0 Å². The lowest BCUT2D eigenvalue weighted by Gasteiger charge is -2.18. The van der Waals surface area contributed by atoms with Crippen molar-refractivity contribution in [3.63, 3.8) is 0 Å². The highest BCUT2D eigenvalue weighted by Gasteiger charge is 2.35. The van der Waals surface area contributed by atoms with Crippen LogP contribution in [-0.2, 0) is 24.2 Å². The Balaban J connectivity index is 2.13. The molecule has 1 aromatic heterocycles. The monoisotopic (exact) mass is 331 g/mol. The van der Waals surface area contributed by atoms with Gasteiger partial charge in [-0.3, -0.25) is 4.79 Å². The van der Waals surface area contributed by atoms with E-state index in [0.29, 0.717) is 6.42 Å². The van der Waals surface area contributed by atoms with E-state index in [-0.39, 0.29) is 25.4 Å². The van der Waals surface area contributed by atoms with Crippen LogP contribution in [0.1, 0.15) is 23.5 Å². The van der Waals surface area contributed by atoms with E-state index in [1.807, 2.05) is 11.4 Å². The summed E-state index contributed by atoms with van der Waals surface area (Å²) in [7, 11) is -3.32. The Hall–Kier alpha value is -1.41. The molecule has 0 N–H and O–H groups in total. The van der Waals surface area contributed by atoms with Crippen molar-refractivity contribution in [2.75, 3.05) is 25.4 Å². The van der Waals surface area contributed by atoms with Crippen molar-refractivity contribution in [3.8, 4) is 0 Å². The first-order chi connectivity index (χ1) is 9.95. The van der Waals surface area contributed by atoms with Crippen LogP contribution >= 0.6 is 11.3 Å². The van der Waals surface area contributed by atoms with Crippen LogP contribution in [0.2, 0.25) is 0 Å². The predicted molar refractivity (Wildman–Crippen MR) is 78.7 cm³/mol. The second-order valence-electron chi connectivity index (χ2n) is 4.67. The molecule has 8 heteroatoms. The first kappa shape index (κ1) is 16.0. The summed E-state index contributed by atoms with van der Waals surface area (Å²) >= 11 is 1.39.